The molecule has 0 saturated carbocycles. The number of nitrogens with zero attached hydrogens (tertiary/aromatic N) is 3. The molecule has 2 rings (SSSR count). The molecule has 1 aromatic carbocycles. The molecule has 2 aromatic rings. The molecule has 0 radical (unpaired) electrons. The van der Waals surface area contributed by atoms with Gasteiger partial charge in [0.25, 0.3) is 0 Å². The van der Waals surface area contributed by atoms with Crippen molar-refractivity contribution in [3.63, 3.8) is 0 Å². The number of hydrogen-bond acceptors (Lipinski definition) is 2. The summed E-state index contributed by atoms with van der Waals surface area (Å²) >= 11 is 7.79. The number of hydrogen-bond donors (Lipinski definition) is 0. The van der Waals surface area contributed by atoms with Crippen LogP contribution < -0.4 is 0 Å². The summed E-state index contributed by atoms with van der Waals surface area (Å²) in [6.07, 6.45) is 0. The summed E-state index contributed by atoms with van der Waals surface area (Å²) < 4.78 is 15.9. The summed E-state index contributed by atoms with van der Waals surface area (Å²) in [6.45, 7) is 2.63. The van der Waals surface area contributed by atoms with Gasteiger partial charge < -0.3 is 9.47 Å². The van der Waals surface area contributed by atoms with E-state index in [2.05, 4.69) is 4.98 Å². The molecular formula is C13H14ClFIN3O. The number of alkyl halides is 1. The number of fused-ring (bicyclic) bond motifs is 1. The normalized spacial score (nSPS) is 11.1. The van der Waals surface area contributed by atoms with Crippen molar-refractivity contribution in [3.05, 3.63) is 27.3 Å². The van der Waals surface area contributed by atoms with Crippen LogP contribution in [0, 0.1) is 9.39 Å². The second-order valence-electron chi connectivity index (χ2n) is 4.41. The van der Waals surface area contributed by atoms with E-state index in [0.29, 0.717) is 27.0 Å². The lowest BCUT2D eigenvalue weighted by Crippen LogP contribution is -2.30. The van der Waals surface area contributed by atoms with Crippen LogP contribution in [0.3, 0.4) is 0 Å². The van der Waals surface area contributed by atoms with Gasteiger partial charge in [0, 0.05) is 19.7 Å². The third kappa shape index (κ3) is 2.90. The maximum atomic E-state index is 13.7. The molecule has 20 heavy (non-hydrogen) atoms. The van der Waals surface area contributed by atoms with E-state index in [9.17, 15) is 9.18 Å². The lowest BCUT2D eigenvalue weighted by Gasteiger charge is -2.16. The van der Waals surface area contributed by atoms with Gasteiger partial charge >= 0.3 is 0 Å². The quantitative estimate of drug-likeness (QED) is 0.575. The van der Waals surface area contributed by atoms with Crippen molar-refractivity contribution in [1.82, 2.24) is 14.5 Å². The molecule has 4 nitrogen and oxygen atoms in total. The van der Waals surface area contributed by atoms with Crippen molar-refractivity contribution in [2.45, 2.75) is 19.3 Å². The number of carbonyl (C=O) groups excluding carboxylic acids is 1. The van der Waals surface area contributed by atoms with Gasteiger partial charge in [0.1, 0.15) is 18.2 Å². The van der Waals surface area contributed by atoms with Crippen LogP contribution in [-0.4, -0.2) is 34.0 Å². The maximum Gasteiger partial charge on any atom is 0.242 e. The van der Waals surface area contributed by atoms with Crippen molar-refractivity contribution >= 4 is 51.1 Å². The molecule has 7 heteroatoms. The van der Waals surface area contributed by atoms with Gasteiger partial charge in [-0.2, -0.15) is 0 Å². The first kappa shape index (κ1) is 15.5. The summed E-state index contributed by atoms with van der Waals surface area (Å²) in [4.78, 5) is 18.0. The molecule has 0 saturated heterocycles. The predicted octanol–water partition coefficient (Wildman–Crippen LogP) is 3.00. The van der Waals surface area contributed by atoms with Gasteiger partial charge in [0.05, 0.1) is 20.5 Å². The highest BCUT2D eigenvalue weighted by atomic mass is 127. The Balaban J connectivity index is 2.50. The van der Waals surface area contributed by atoms with Crippen molar-refractivity contribution < 1.29 is 9.18 Å². The Bertz CT molecular complexity index is 659. The van der Waals surface area contributed by atoms with Crippen LogP contribution >= 0.6 is 34.2 Å². The average molecular weight is 410 g/mol. The molecule has 0 fully saturated rings. The van der Waals surface area contributed by atoms with Gasteiger partial charge in [-0.3, -0.25) is 4.79 Å². The molecule has 0 N–H and O–H groups in total. The Labute approximate surface area is 135 Å². The van der Waals surface area contributed by atoms with Crippen LogP contribution in [0.25, 0.3) is 11.0 Å². The van der Waals surface area contributed by atoms with Crippen molar-refractivity contribution in [3.8, 4) is 0 Å². The van der Waals surface area contributed by atoms with Crippen LogP contribution in [0.4, 0.5) is 4.39 Å². The number of rotatable bonds is 4. The summed E-state index contributed by atoms with van der Waals surface area (Å²) in [6, 6.07) is 3.06. The first-order valence-electron chi connectivity index (χ1n) is 6.12. The van der Waals surface area contributed by atoms with Crippen molar-refractivity contribution in [1.29, 1.82) is 0 Å². The van der Waals surface area contributed by atoms with Crippen LogP contribution in [-0.2, 0) is 17.2 Å². The van der Waals surface area contributed by atoms with E-state index in [-0.39, 0.29) is 24.1 Å². The fraction of sp³-hybridized carbons (Fsp3) is 0.385. The van der Waals surface area contributed by atoms with Crippen LogP contribution in [0.15, 0.2) is 12.1 Å². The van der Waals surface area contributed by atoms with Crippen LogP contribution in [0.1, 0.15) is 12.7 Å². The highest BCUT2D eigenvalue weighted by molar-refractivity contribution is 14.1. The third-order valence-corrected chi connectivity index (χ3v) is 4.25. The lowest BCUT2D eigenvalue weighted by atomic mass is 10.3. The number of halogens is 3. The van der Waals surface area contributed by atoms with Crippen LogP contribution in [0.2, 0.25) is 0 Å². The number of carbonyl (C=O) groups is 1. The first-order valence-corrected chi connectivity index (χ1v) is 7.73. The van der Waals surface area contributed by atoms with E-state index in [1.165, 1.54) is 6.07 Å². The lowest BCUT2D eigenvalue weighted by molar-refractivity contribution is -0.130. The van der Waals surface area contributed by atoms with Gasteiger partial charge in [-0.1, -0.05) is 0 Å². The molecule has 0 spiro atoms. The maximum absolute atomic E-state index is 13.7. The minimum atomic E-state index is -0.323. The van der Waals surface area contributed by atoms with E-state index in [1.807, 2.05) is 29.5 Å². The van der Waals surface area contributed by atoms with E-state index in [1.54, 1.807) is 22.6 Å². The Morgan fingerprint density at radius 1 is 1.55 bits per heavy atom. The molecule has 0 aliphatic heterocycles. The molecule has 0 unspecified atom stereocenters. The van der Waals surface area contributed by atoms with E-state index < -0.39 is 0 Å². The average Bonchev–Trinajstić information content (AvgIpc) is 2.76. The molecule has 1 amide bonds. The number of benzene rings is 1. The second-order valence-corrected chi connectivity index (χ2v) is 5.84. The second kappa shape index (κ2) is 6.26. The Hall–Kier alpha value is -0.890. The summed E-state index contributed by atoms with van der Waals surface area (Å²) in [5.74, 6) is 0.366. The van der Waals surface area contributed by atoms with Crippen molar-refractivity contribution in [2.75, 3.05) is 13.6 Å². The summed E-state index contributed by atoms with van der Waals surface area (Å²) in [7, 11) is 1.73. The fourth-order valence-electron chi connectivity index (χ4n) is 1.88. The molecule has 1 heterocycles. The Kier molecular flexibility index (Phi) is 4.85. The molecule has 0 aliphatic carbocycles. The summed E-state index contributed by atoms with van der Waals surface area (Å²) in [5, 5.41) is 0. The third-order valence-electron chi connectivity index (χ3n) is 3.18. The molecule has 108 valence electrons. The van der Waals surface area contributed by atoms with Crippen molar-refractivity contribution in [2.24, 2.45) is 0 Å². The van der Waals surface area contributed by atoms with Gasteiger partial charge in [0.15, 0.2) is 0 Å². The number of aromatic nitrogens is 2. The molecule has 0 bridgehead atoms. The zero-order chi connectivity index (χ0) is 14.9. The largest absolute Gasteiger partial charge is 0.344 e. The molecular weight excluding hydrogens is 396 g/mol. The topological polar surface area (TPSA) is 38.1 Å². The number of amides is 1. The molecule has 0 atom stereocenters. The Morgan fingerprint density at radius 2 is 2.25 bits per heavy atom. The van der Waals surface area contributed by atoms with Gasteiger partial charge in [-0.25, -0.2) is 9.37 Å². The highest BCUT2D eigenvalue weighted by Gasteiger charge is 2.16. The van der Waals surface area contributed by atoms with Gasteiger partial charge in [0.2, 0.25) is 5.91 Å². The van der Waals surface area contributed by atoms with Gasteiger partial charge in [-0.15, -0.1) is 11.6 Å². The van der Waals surface area contributed by atoms with E-state index in [4.69, 9.17) is 11.6 Å². The van der Waals surface area contributed by atoms with E-state index in [0.717, 1.165) is 0 Å². The minimum Gasteiger partial charge on any atom is -0.344 e. The predicted molar refractivity (Wildman–Crippen MR) is 85.3 cm³/mol. The summed E-state index contributed by atoms with van der Waals surface area (Å²) in [5.41, 5.74) is 1.25. The monoisotopic (exact) mass is 409 g/mol. The highest BCUT2D eigenvalue weighted by Crippen LogP contribution is 2.22. The zero-order valence-corrected chi connectivity index (χ0v) is 14.1. The Morgan fingerprint density at radius 3 is 2.85 bits per heavy atom. The number of imidazole rings is 1. The SMILES string of the molecule is CCN(C)C(=O)Cn1c(CCl)nc2cc(I)c(F)cc21. The van der Waals surface area contributed by atoms with E-state index >= 15 is 0 Å². The smallest absolute Gasteiger partial charge is 0.242 e. The van der Waals surface area contributed by atoms with Crippen LogP contribution in [0.5, 0.6) is 0 Å². The first-order chi connectivity index (χ1) is 9.47. The minimum absolute atomic E-state index is 0.0582. The zero-order valence-electron chi connectivity index (χ0n) is 11.2. The fourth-order valence-corrected chi connectivity index (χ4v) is 2.54. The standard InChI is InChI=1S/C13H14ClFIN3O/c1-3-18(2)13(20)7-19-11-4-8(15)9(16)5-10(11)17-12(19)6-14/h4-5H,3,6-7H2,1-2H3. The van der Waals surface area contributed by atoms with Gasteiger partial charge in [-0.05, 0) is 35.6 Å². The molecule has 1 aromatic heterocycles. The molecule has 0 aliphatic rings. The number of likely N-dealkylation sites (N-methyl/N-ethyl adjacent to an activating group) is 1.